The fourth-order valence-electron chi connectivity index (χ4n) is 4.53. The summed E-state index contributed by atoms with van der Waals surface area (Å²) in [6.07, 6.45) is 4.40. The molecule has 2 heterocycles. The Kier molecular flexibility index (Phi) is 5.48. The van der Waals surface area contributed by atoms with E-state index in [0.717, 1.165) is 22.6 Å². The van der Waals surface area contributed by atoms with E-state index < -0.39 is 11.8 Å². The number of ether oxygens (including phenoxy) is 2. The predicted molar refractivity (Wildman–Crippen MR) is 113 cm³/mol. The Bertz CT molecular complexity index is 1020. The first-order chi connectivity index (χ1) is 14.5. The molecule has 3 atom stereocenters. The van der Waals surface area contributed by atoms with Gasteiger partial charge in [-0.3, -0.25) is 19.6 Å². The molecule has 6 nitrogen and oxygen atoms in total. The van der Waals surface area contributed by atoms with Gasteiger partial charge in [0.05, 0.1) is 14.2 Å². The Balaban J connectivity index is 1.76. The fourth-order valence-corrected chi connectivity index (χ4v) is 4.53. The number of carbonyl (C=O) groups excluding carboxylic acids is 2. The molecule has 0 fully saturated rings. The van der Waals surface area contributed by atoms with Gasteiger partial charge >= 0.3 is 5.97 Å². The van der Waals surface area contributed by atoms with E-state index in [1.54, 1.807) is 19.5 Å². The number of hydrogen-bond acceptors (Lipinski definition) is 6. The molecule has 30 heavy (non-hydrogen) atoms. The maximum atomic E-state index is 13.4. The highest BCUT2D eigenvalue weighted by molar-refractivity contribution is 6.09. The normalized spacial score (nSPS) is 23.5. The number of aromatic nitrogens is 1. The summed E-state index contributed by atoms with van der Waals surface area (Å²) in [6, 6.07) is 11.5. The second kappa shape index (κ2) is 8.22. The van der Waals surface area contributed by atoms with Crippen molar-refractivity contribution in [2.75, 3.05) is 14.2 Å². The highest BCUT2D eigenvalue weighted by atomic mass is 16.5. The van der Waals surface area contributed by atoms with Gasteiger partial charge in [-0.05, 0) is 54.7 Å². The molecule has 154 valence electrons. The van der Waals surface area contributed by atoms with Crippen molar-refractivity contribution in [1.82, 2.24) is 4.98 Å². The van der Waals surface area contributed by atoms with Crippen molar-refractivity contribution in [3.8, 4) is 5.75 Å². The van der Waals surface area contributed by atoms with Crippen LogP contribution in [0.25, 0.3) is 0 Å². The van der Waals surface area contributed by atoms with Crippen molar-refractivity contribution in [1.29, 1.82) is 0 Å². The molecule has 6 heteroatoms. The number of ketones is 1. The molecular formula is C24H24N2O4. The Morgan fingerprint density at radius 3 is 2.33 bits per heavy atom. The van der Waals surface area contributed by atoms with E-state index in [2.05, 4.69) is 4.98 Å². The minimum absolute atomic E-state index is 0.0315. The smallest absolute Gasteiger partial charge is 0.315 e. The third kappa shape index (κ3) is 3.54. The number of aliphatic imine (C=N–C) groups is 1. The van der Waals surface area contributed by atoms with E-state index in [4.69, 9.17) is 14.5 Å². The van der Waals surface area contributed by atoms with E-state index in [1.807, 2.05) is 43.3 Å². The van der Waals surface area contributed by atoms with Gasteiger partial charge < -0.3 is 9.47 Å². The average molecular weight is 404 g/mol. The van der Waals surface area contributed by atoms with E-state index in [0.29, 0.717) is 24.1 Å². The molecule has 1 unspecified atom stereocenters. The summed E-state index contributed by atoms with van der Waals surface area (Å²) in [7, 11) is 3.00. The second-order valence-electron chi connectivity index (χ2n) is 7.67. The zero-order chi connectivity index (χ0) is 21.3. The van der Waals surface area contributed by atoms with Gasteiger partial charge in [0.2, 0.25) is 0 Å². The van der Waals surface area contributed by atoms with Crippen molar-refractivity contribution in [3.05, 3.63) is 71.2 Å². The average Bonchev–Trinajstić information content (AvgIpc) is 2.78. The van der Waals surface area contributed by atoms with Crippen LogP contribution < -0.4 is 4.74 Å². The maximum Gasteiger partial charge on any atom is 0.315 e. The Hall–Kier alpha value is -3.28. The van der Waals surface area contributed by atoms with Gasteiger partial charge in [-0.2, -0.15) is 0 Å². The van der Waals surface area contributed by atoms with Gasteiger partial charge in [-0.1, -0.05) is 12.1 Å². The Morgan fingerprint density at radius 1 is 1.00 bits per heavy atom. The van der Waals surface area contributed by atoms with Crippen LogP contribution in [0.3, 0.4) is 0 Å². The molecule has 4 rings (SSSR count). The van der Waals surface area contributed by atoms with Crippen LogP contribution in [0.1, 0.15) is 42.7 Å². The van der Waals surface area contributed by atoms with E-state index in [-0.39, 0.29) is 17.7 Å². The topological polar surface area (TPSA) is 77.8 Å². The van der Waals surface area contributed by atoms with Crippen molar-refractivity contribution in [2.24, 2.45) is 10.9 Å². The highest BCUT2D eigenvalue weighted by Gasteiger charge is 2.44. The van der Waals surface area contributed by atoms with Crippen LogP contribution in [-0.2, 0) is 14.3 Å². The molecule has 0 radical (unpaired) electrons. The van der Waals surface area contributed by atoms with Gasteiger partial charge in [0.15, 0.2) is 5.78 Å². The van der Waals surface area contributed by atoms with Crippen molar-refractivity contribution < 1.29 is 19.1 Å². The van der Waals surface area contributed by atoms with Crippen LogP contribution in [0, 0.1) is 5.92 Å². The number of esters is 1. The number of nitrogens with zero attached hydrogens (tertiary/aromatic N) is 2. The number of pyridine rings is 1. The minimum atomic E-state index is -0.613. The molecule has 0 N–H and O–H groups in total. The SMILES string of the molecule is COC(=O)C1C(C)=NC2=C(C(=O)C[C@@H](c3ccc(OC)cc3)C2)[C@@H]1c1ccncc1. The first-order valence-electron chi connectivity index (χ1n) is 9.96. The van der Waals surface area contributed by atoms with Crippen molar-refractivity contribution in [2.45, 2.75) is 31.6 Å². The van der Waals surface area contributed by atoms with Crippen LogP contribution in [0.15, 0.2) is 65.1 Å². The summed E-state index contributed by atoms with van der Waals surface area (Å²) >= 11 is 0. The van der Waals surface area contributed by atoms with Crippen LogP contribution >= 0.6 is 0 Å². The van der Waals surface area contributed by atoms with Crippen LogP contribution in [0.5, 0.6) is 5.75 Å². The first-order valence-corrected chi connectivity index (χ1v) is 9.96. The van der Waals surface area contributed by atoms with Gasteiger partial charge in [-0.25, -0.2) is 0 Å². The Morgan fingerprint density at radius 2 is 1.70 bits per heavy atom. The monoisotopic (exact) mass is 404 g/mol. The maximum absolute atomic E-state index is 13.4. The lowest BCUT2D eigenvalue weighted by molar-refractivity contribution is -0.143. The number of methoxy groups -OCH3 is 2. The largest absolute Gasteiger partial charge is 0.497 e. The molecule has 0 saturated heterocycles. The molecule has 1 aliphatic carbocycles. The van der Waals surface area contributed by atoms with E-state index in [1.165, 1.54) is 7.11 Å². The zero-order valence-electron chi connectivity index (χ0n) is 17.3. The lowest BCUT2D eigenvalue weighted by atomic mass is 9.69. The number of allylic oxidation sites excluding steroid dienone is 2. The first kappa shape index (κ1) is 20.0. The number of Topliss-reactive ketones (excluding diaryl/α,β-unsaturated/α-hetero) is 1. The minimum Gasteiger partial charge on any atom is -0.497 e. The third-order valence-corrected chi connectivity index (χ3v) is 6.00. The third-order valence-electron chi connectivity index (χ3n) is 6.00. The number of carbonyl (C=O) groups is 2. The lowest BCUT2D eigenvalue weighted by Gasteiger charge is -2.36. The predicted octanol–water partition coefficient (Wildman–Crippen LogP) is 3.84. The highest BCUT2D eigenvalue weighted by Crippen LogP contribution is 2.46. The molecule has 0 spiro atoms. The molecule has 1 aromatic carbocycles. The summed E-state index contributed by atoms with van der Waals surface area (Å²) in [5.41, 5.74) is 4.03. The van der Waals surface area contributed by atoms with Gasteiger partial charge in [0, 0.05) is 41.7 Å². The Labute approximate surface area is 175 Å². The number of hydrogen-bond donors (Lipinski definition) is 0. The standard InChI is InChI=1S/C24H24N2O4/c1-14-21(24(28)30-3)22(16-8-10-25-11-9-16)23-19(26-14)12-17(13-20(23)27)15-4-6-18(29-2)7-5-15/h4-11,17,21-22H,12-13H2,1-3H3/t17-,21?,22+/m0/s1. The number of rotatable bonds is 4. The van der Waals surface area contributed by atoms with Crippen LogP contribution in [-0.4, -0.2) is 36.7 Å². The summed E-state index contributed by atoms with van der Waals surface area (Å²) in [6.45, 7) is 1.83. The van der Waals surface area contributed by atoms with Gasteiger partial charge in [0.25, 0.3) is 0 Å². The zero-order valence-corrected chi connectivity index (χ0v) is 17.3. The molecule has 0 saturated carbocycles. The molecular weight excluding hydrogens is 380 g/mol. The molecule has 1 aromatic heterocycles. The van der Waals surface area contributed by atoms with Crippen LogP contribution in [0.4, 0.5) is 0 Å². The molecule has 0 amide bonds. The second-order valence-corrected chi connectivity index (χ2v) is 7.67. The summed E-state index contributed by atoms with van der Waals surface area (Å²) in [4.78, 5) is 34.8. The summed E-state index contributed by atoms with van der Waals surface area (Å²) in [5.74, 6) is -0.536. The molecule has 1 aliphatic heterocycles. The number of benzene rings is 1. The van der Waals surface area contributed by atoms with Crippen molar-refractivity contribution in [3.63, 3.8) is 0 Å². The van der Waals surface area contributed by atoms with Gasteiger partial charge in [-0.15, -0.1) is 0 Å². The fraction of sp³-hybridized carbons (Fsp3) is 0.333. The van der Waals surface area contributed by atoms with Gasteiger partial charge in [0.1, 0.15) is 11.7 Å². The molecule has 0 bridgehead atoms. The summed E-state index contributed by atoms with van der Waals surface area (Å²) in [5, 5.41) is 0. The van der Waals surface area contributed by atoms with Crippen molar-refractivity contribution >= 4 is 17.5 Å². The summed E-state index contributed by atoms with van der Waals surface area (Å²) < 4.78 is 10.3. The molecule has 2 aromatic rings. The van der Waals surface area contributed by atoms with E-state index in [9.17, 15) is 9.59 Å². The lowest BCUT2D eigenvalue weighted by Crippen LogP contribution is -2.37. The van der Waals surface area contributed by atoms with E-state index >= 15 is 0 Å². The van der Waals surface area contributed by atoms with Crippen LogP contribution in [0.2, 0.25) is 0 Å². The quantitative estimate of drug-likeness (QED) is 0.724. The molecule has 2 aliphatic rings.